The summed E-state index contributed by atoms with van der Waals surface area (Å²) in [6.07, 6.45) is 4.23. The lowest BCUT2D eigenvalue weighted by Crippen LogP contribution is -2.15. The molecule has 2 heterocycles. The van der Waals surface area contributed by atoms with Gasteiger partial charge in [-0.2, -0.15) is 5.26 Å². The summed E-state index contributed by atoms with van der Waals surface area (Å²) in [6, 6.07) is 2.00. The topological polar surface area (TPSA) is 71.6 Å². The van der Waals surface area contributed by atoms with E-state index < -0.39 is 5.92 Å². The van der Waals surface area contributed by atoms with Crippen LogP contribution in [0, 0.1) is 11.3 Å². The van der Waals surface area contributed by atoms with Gasteiger partial charge in [-0.15, -0.1) is 10.2 Å². The zero-order valence-corrected chi connectivity index (χ0v) is 9.31. The van der Waals surface area contributed by atoms with E-state index in [1.807, 2.05) is 10.6 Å². The molecule has 1 aliphatic rings. The van der Waals surface area contributed by atoms with Gasteiger partial charge in [0.25, 0.3) is 0 Å². The second-order valence-corrected chi connectivity index (χ2v) is 4.11. The van der Waals surface area contributed by atoms with Gasteiger partial charge in [0, 0.05) is 13.0 Å². The lowest BCUT2D eigenvalue weighted by atomic mass is 10.1. The molecule has 0 saturated carbocycles. The Hall–Kier alpha value is -1.70. The summed E-state index contributed by atoms with van der Waals surface area (Å²) in [5, 5.41) is 17.1. The Labute approximate surface area is 94.1 Å². The van der Waals surface area contributed by atoms with Crippen LogP contribution in [0.3, 0.4) is 0 Å². The SMILES string of the molecule is CC(=O)C(C#N)c1nnc2n1CCCCC2. The monoisotopic (exact) mass is 218 g/mol. The molecule has 1 unspecified atom stereocenters. The minimum absolute atomic E-state index is 0.165. The van der Waals surface area contributed by atoms with E-state index in [-0.39, 0.29) is 5.78 Å². The smallest absolute Gasteiger partial charge is 0.164 e. The van der Waals surface area contributed by atoms with E-state index >= 15 is 0 Å². The molecular formula is C11H14N4O. The Morgan fingerprint density at radius 3 is 2.94 bits per heavy atom. The Kier molecular flexibility index (Phi) is 3.00. The first-order valence-corrected chi connectivity index (χ1v) is 5.56. The highest BCUT2D eigenvalue weighted by Gasteiger charge is 2.25. The summed E-state index contributed by atoms with van der Waals surface area (Å²) in [6.45, 7) is 2.25. The van der Waals surface area contributed by atoms with Gasteiger partial charge in [-0.3, -0.25) is 4.79 Å². The second-order valence-electron chi connectivity index (χ2n) is 4.11. The average molecular weight is 218 g/mol. The highest BCUT2D eigenvalue weighted by Crippen LogP contribution is 2.20. The standard InChI is InChI=1S/C11H14N4O/c1-8(16)9(7-12)11-14-13-10-5-3-2-4-6-15(10)11/h9H,2-6H2,1H3. The van der Waals surface area contributed by atoms with E-state index in [0.29, 0.717) is 5.82 Å². The van der Waals surface area contributed by atoms with Gasteiger partial charge in [-0.1, -0.05) is 6.42 Å². The first-order chi connectivity index (χ1) is 7.74. The predicted octanol–water partition coefficient (Wildman–Crippen LogP) is 1.20. The van der Waals surface area contributed by atoms with Gasteiger partial charge in [0.2, 0.25) is 0 Å². The minimum Gasteiger partial charge on any atom is -0.313 e. The van der Waals surface area contributed by atoms with Crippen LogP contribution in [-0.2, 0) is 17.8 Å². The molecule has 2 rings (SSSR count). The first kappa shape index (κ1) is 10.8. The number of Topliss-reactive ketones (excluding diaryl/α,β-unsaturated/α-hetero) is 1. The molecule has 16 heavy (non-hydrogen) atoms. The van der Waals surface area contributed by atoms with Crippen LogP contribution >= 0.6 is 0 Å². The van der Waals surface area contributed by atoms with Crippen LogP contribution in [0.15, 0.2) is 0 Å². The van der Waals surface area contributed by atoms with Crippen molar-refractivity contribution in [3.05, 3.63) is 11.6 Å². The van der Waals surface area contributed by atoms with Crippen molar-refractivity contribution >= 4 is 5.78 Å². The largest absolute Gasteiger partial charge is 0.313 e. The Morgan fingerprint density at radius 2 is 2.25 bits per heavy atom. The van der Waals surface area contributed by atoms with Gasteiger partial charge < -0.3 is 4.57 Å². The average Bonchev–Trinajstić information content (AvgIpc) is 2.50. The van der Waals surface area contributed by atoms with Crippen LogP contribution in [0.1, 0.15) is 43.8 Å². The molecule has 1 aromatic heterocycles. The summed E-state index contributed by atoms with van der Waals surface area (Å²) in [5.74, 6) is 0.502. The van der Waals surface area contributed by atoms with Crippen LogP contribution in [0.4, 0.5) is 0 Å². The van der Waals surface area contributed by atoms with Gasteiger partial charge in [-0.25, -0.2) is 0 Å². The second kappa shape index (κ2) is 4.44. The quantitative estimate of drug-likeness (QED) is 0.747. The first-order valence-electron chi connectivity index (χ1n) is 5.56. The molecule has 5 heteroatoms. The lowest BCUT2D eigenvalue weighted by molar-refractivity contribution is -0.117. The number of hydrogen-bond acceptors (Lipinski definition) is 4. The maximum atomic E-state index is 11.3. The van der Waals surface area contributed by atoms with E-state index in [2.05, 4.69) is 10.2 Å². The molecule has 1 aromatic rings. The Balaban J connectivity index is 2.39. The lowest BCUT2D eigenvalue weighted by Gasteiger charge is -2.08. The number of carbonyl (C=O) groups excluding carboxylic acids is 1. The van der Waals surface area contributed by atoms with Gasteiger partial charge in [0.15, 0.2) is 17.5 Å². The molecule has 0 spiro atoms. The number of fused-ring (bicyclic) bond motifs is 1. The molecule has 0 bridgehead atoms. The van der Waals surface area contributed by atoms with Crippen molar-refractivity contribution < 1.29 is 4.79 Å². The Morgan fingerprint density at radius 1 is 1.44 bits per heavy atom. The molecule has 0 N–H and O–H groups in total. The van der Waals surface area contributed by atoms with Crippen LogP contribution in [0.2, 0.25) is 0 Å². The number of nitriles is 1. The fourth-order valence-corrected chi connectivity index (χ4v) is 2.05. The minimum atomic E-state index is -0.764. The molecule has 0 radical (unpaired) electrons. The van der Waals surface area contributed by atoms with E-state index in [4.69, 9.17) is 5.26 Å². The molecule has 84 valence electrons. The van der Waals surface area contributed by atoms with Gasteiger partial charge >= 0.3 is 0 Å². The third-order valence-electron chi connectivity index (χ3n) is 2.93. The van der Waals surface area contributed by atoms with Crippen molar-refractivity contribution in [1.29, 1.82) is 5.26 Å². The molecule has 0 fully saturated rings. The van der Waals surface area contributed by atoms with Gasteiger partial charge in [-0.05, 0) is 19.8 Å². The molecule has 0 amide bonds. The molecule has 0 saturated heterocycles. The Bertz CT molecular complexity index is 443. The maximum absolute atomic E-state index is 11.3. The predicted molar refractivity (Wildman–Crippen MR) is 56.6 cm³/mol. The summed E-state index contributed by atoms with van der Waals surface area (Å²) in [4.78, 5) is 11.3. The number of nitrogens with zero attached hydrogens (tertiary/aromatic N) is 4. The molecule has 5 nitrogen and oxygen atoms in total. The van der Waals surface area contributed by atoms with Gasteiger partial charge in [0.1, 0.15) is 5.82 Å². The summed E-state index contributed by atoms with van der Waals surface area (Å²) >= 11 is 0. The third kappa shape index (κ3) is 1.83. The molecule has 1 atom stereocenters. The van der Waals surface area contributed by atoms with E-state index in [1.54, 1.807) is 0 Å². The number of hydrogen-bond donors (Lipinski definition) is 0. The number of aryl methyl sites for hydroxylation is 1. The molecule has 0 aromatic carbocycles. The number of carbonyl (C=O) groups is 1. The fourth-order valence-electron chi connectivity index (χ4n) is 2.05. The van der Waals surface area contributed by atoms with Crippen LogP contribution < -0.4 is 0 Å². The van der Waals surface area contributed by atoms with Gasteiger partial charge in [0.05, 0.1) is 6.07 Å². The number of aromatic nitrogens is 3. The van der Waals surface area contributed by atoms with Crippen molar-refractivity contribution in [3.8, 4) is 6.07 Å². The number of rotatable bonds is 2. The normalized spacial score (nSPS) is 17.0. The van der Waals surface area contributed by atoms with Crippen molar-refractivity contribution in [1.82, 2.24) is 14.8 Å². The van der Waals surface area contributed by atoms with E-state index in [1.165, 1.54) is 13.3 Å². The fraction of sp³-hybridized carbons (Fsp3) is 0.636. The van der Waals surface area contributed by atoms with Crippen LogP contribution in [0.25, 0.3) is 0 Å². The van der Waals surface area contributed by atoms with Crippen molar-refractivity contribution in [3.63, 3.8) is 0 Å². The summed E-state index contributed by atoms with van der Waals surface area (Å²) in [5.41, 5.74) is 0. The molecule has 1 aliphatic heterocycles. The highest BCUT2D eigenvalue weighted by atomic mass is 16.1. The maximum Gasteiger partial charge on any atom is 0.164 e. The van der Waals surface area contributed by atoms with Crippen LogP contribution in [-0.4, -0.2) is 20.5 Å². The van der Waals surface area contributed by atoms with E-state index in [0.717, 1.165) is 31.6 Å². The summed E-state index contributed by atoms with van der Waals surface area (Å²) < 4.78 is 1.95. The van der Waals surface area contributed by atoms with Crippen molar-refractivity contribution in [2.45, 2.75) is 45.1 Å². The molecular weight excluding hydrogens is 204 g/mol. The van der Waals surface area contributed by atoms with Crippen molar-refractivity contribution in [2.75, 3.05) is 0 Å². The molecule has 0 aliphatic carbocycles. The number of ketones is 1. The zero-order valence-electron chi connectivity index (χ0n) is 9.31. The van der Waals surface area contributed by atoms with Crippen molar-refractivity contribution in [2.24, 2.45) is 0 Å². The van der Waals surface area contributed by atoms with Crippen LogP contribution in [0.5, 0.6) is 0 Å². The highest BCUT2D eigenvalue weighted by molar-refractivity contribution is 5.85. The summed E-state index contributed by atoms with van der Waals surface area (Å²) in [7, 11) is 0. The zero-order chi connectivity index (χ0) is 11.5. The third-order valence-corrected chi connectivity index (χ3v) is 2.93. The van der Waals surface area contributed by atoms with E-state index in [9.17, 15) is 4.79 Å².